The van der Waals surface area contributed by atoms with E-state index in [1.54, 1.807) is 6.07 Å². The smallest absolute Gasteiger partial charge is 0.231 e. The molecule has 1 N–H and O–H groups in total. The molecule has 19 heavy (non-hydrogen) atoms. The molecule has 0 saturated carbocycles. The number of Topliss-reactive ketones (excluding diaryl/α,β-unsaturated/α-hetero) is 1. The van der Waals surface area contributed by atoms with Crippen LogP contribution in [0.2, 0.25) is 0 Å². The summed E-state index contributed by atoms with van der Waals surface area (Å²) in [5.74, 6) is -0.503. The lowest BCUT2D eigenvalue weighted by atomic mass is 10.1. The zero-order valence-corrected chi connectivity index (χ0v) is 10.6. The van der Waals surface area contributed by atoms with Crippen LogP contribution in [0.4, 0.5) is 5.69 Å². The number of nitrogens with zero attached hydrogens (tertiary/aromatic N) is 4. The summed E-state index contributed by atoms with van der Waals surface area (Å²) in [5, 5.41) is 13.6. The summed E-state index contributed by atoms with van der Waals surface area (Å²) in [5.41, 5.74) is 2.27. The number of ketones is 1. The molecule has 0 atom stereocenters. The molecule has 2 aromatic rings. The van der Waals surface area contributed by atoms with Crippen LogP contribution in [-0.2, 0) is 9.59 Å². The van der Waals surface area contributed by atoms with Gasteiger partial charge in [-0.2, -0.15) is 0 Å². The highest BCUT2D eigenvalue weighted by Crippen LogP contribution is 2.19. The highest BCUT2D eigenvalue weighted by molar-refractivity contribution is 6.03. The van der Waals surface area contributed by atoms with Gasteiger partial charge in [0.1, 0.15) is 12.1 Å². The molecule has 0 unspecified atom stereocenters. The van der Waals surface area contributed by atoms with Crippen molar-refractivity contribution >= 4 is 17.4 Å². The van der Waals surface area contributed by atoms with Gasteiger partial charge in [-0.05, 0) is 42.0 Å². The number of amides is 1. The average Bonchev–Trinajstić information content (AvgIpc) is 2.84. The first-order valence-electron chi connectivity index (χ1n) is 5.69. The van der Waals surface area contributed by atoms with E-state index in [0.29, 0.717) is 5.69 Å². The van der Waals surface area contributed by atoms with Crippen LogP contribution in [0, 0.1) is 6.92 Å². The monoisotopic (exact) mass is 259 g/mol. The lowest BCUT2D eigenvalue weighted by Crippen LogP contribution is -2.15. The molecule has 0 fully saturated rings. The molecule has 0 radical (unpaired) electrons. The Balaban J connectivity index is 2.23. The van der Waals surface area contributed by atoms with Crippen LogP contribution in [-0.4, -0.2) is 31.9 Å². The zero-order chi connectivity index (χ0) is 13.8. The molecule has 1 aromatic heterocycles. The maximum Gasteiger partial charge on any atom is 0.231 e. The minimum atomic E-state index is -0.329. The third kappa shape index (κ3) is 3.21. The van der Waals surface area contributed by atoms with E-state index in [-0.39, 0.29) is 18.1 Å². The average molecular weight is 259 g/mol. The number of benzene rings is 1. The molecule has 1 heterocycles. The van der Waals surface area contributed by atoms with Gasteiger partial charge < -0.3 is 5.32 Å². The molecule has 1 amide bonds. The topological polar surface area (TPSA) is 89.8 Å². The fraction of sp³-hybridized carbons (Fsp3) is 0.250. The van der Waals surface area contributed by atoms with E-state index in [2.05, 4.69) is 20.8 Å². The van der Waals surface area contributed by atoms with E-state index in [4.69, 9.17) is 0 Å². The van der Waals surface area contributed by atoms with Crippen LogP contribution < -0.4 is 5.32 Å². The number of hydrogen-bond donors (Lipinski definition) is 1. The van der Waals surface area contributed by atoms with Crippen LogP contribution in [0.3, 0.4) is 0 Å². The predicted octanol–water partition coefficient (Wildman–Crippen LogP) is 0.888. The Bertz CT molecular complexity index is 607. The normalized spacial score (nSPS) is 10.2. The van der Waals surface area contributed by atoms with Gasteiger partial charge in [-0.1, -0.05) is 6.07 Å². The lowest BCUT2D eigenvalue weighted by molar-refractivity contribution is -0.124. The highest BCUT2D eigenvalue weighted by Gasteiger charge is 2.09. The van der Waals surface area contributed by atoms with Gasteiger partial charge in [-0.25, -0.2) is 4.68 Å². The van der Waals surface area contributed by atoms with Crippen molar-refractivity contribution in [1.29, 1.82) is 0 Å². The number of tetrazole rings is 1. The molecule has 0 saturated heterocycles. The van der Waals surface area contributed by atoms with Gasteiger partial charge in [-0.3, -0.25) is 9.59 Å². The van der Waals surface area contributed by atoms with E-state index >= 15 is 0 Å². The summed E-state index contributed by atoms with van der Waals surface area (Å²) in [7, 11) is 0. The minimum absolute atomic E-state index is 0.130. The van der Waals surface area contributed by atoms with Gasteiger partial charge in [0, 0.05) is 5.69 Å². The first-order chi connectivity index (χ1) is 9.06. The highest BCUT2D eigenvalue weighted by atomic mass is 16.2. The molecule has 7 heteroatoms. The second-order valence-electron chi connectivity index (χ2n) is 4.18. The number of carbonyl (C=O) groups excluding carboxylic acids is 2. The lowest BCUT2D eigenvalue weighted by Gasteiger charge is -2.09. The Kier molecular flexibility index (Phi) is 3.65. The molecule has 0 aliphatic carbocycles. The quantitative estimate of drug-likeness (QED) is 0.823. The Labute approximate surface area is 109 Å². The number of carbonyl (C=O) groups is 2. The van der Waals surface area contributed by atoms with Crippen LogP contribution in [0.15, 0.2) is 24.5 Å². The molecule has 0 aliphatic heterocycles. The predicted molar refractivity (Wildman–Crippen MR) is 67.8 cm³/mol. The van der Waals surface area contributed by atoms with Crippen molar-refractivity contribution in [2.45, 2.75) is 20.3 Å². The Morgan fingerprint density at radius 2 is 2.16 bits per heavy atom. The summed E-state index contributed by atoms with van der Waals surface area (Å²) in [4.78, 5) is 22.5. The van der Waals surface area contributed by atoms with Gasteiger partial charge in [0.2, 0.25) is 5.91 Å². The summed E-state index contributed by atoms with van der Waals surface area (Å²) >= 11 is 0. The van der Waals surface area contributed by atoms with Gasteiger partial charge in [0.05, 0.1) is 12.1 Å². The van der Waals surface area contributed by atoms with E-state index in [1.165, 1.54) is 17.9 Å². The molecular formula is C12H13N5O2. The number of nitrogens with one attached hydrogen (secondary N) is 1. The Morgan fingerprint density at radius 3 is 2.79 bits per heavy atom. The number of aromatic nitrogens is 4. The SMILES string of the molecule is CC(=O)CC(=O)Nc1cc(-n2cnnn2)ccc1C. The number of hydrogen-bond acceptors (Lipinski definition) is 5. The molecule has 0 bridgehead atoms. The minimum Gasteiger partial charge on any atom is -0.325 e. The van der Waals surface area contributed by atoms with Gasteiger partial charge in [0.15, 0.2) is 0 Å². The van der Waals surface area contributed by atoms with Crippen molar-refractivity contribution < 1.29 is 9.59 Å². The second-order valence-corrected chi connectivity index (χ2v) is 4.18. The van der Waals surface area contributed by atoms with E-state index in [9.17, 15) is 9.59 Å². The molecular weight excluding hydrogens is 246 g/mol. The fourth-order valence-electron chi connectivity index (χ4n) is 1.59. The molecule has 2 rings (SSSR count). The van der Waals surface area contributed by atoms with Gasteiger partial charge in [0.25, 0.3) is 0 Å². The standard InChI is InChI=1S/C12H13N5O2/c1-8-3-4-10(17-7-13-15-16-17)6-11(8)14-12(19)5-9(2)18/h3-4,6-7H,5H2,1-2H3,(H,14,19). The maximum absolute atomic E-state index is 11.6. The number of aryl methyl sites for hydroxylation is 1. The summed E-state index contributed by atoms with van der Waals surface area (Å²) in [6, 6.07) is 5.44. The largest absolute Gasteiger partial charge is 0.325 e. The first-order valence-corrected chi connectivity index (χ1v) is 5.69. The van der Waals surface area contributed by atoms with E-state index in [1.807, 2.05) is 19.1 Å². The van der Waals surface area contributed by atoms with Gasteiger partial charge >= 0.3 is 0 Å². The van der Waals surface area contributed by atoms with Crippen molar-refractivity contribution in [1.82, 2.24) is 20.2 Å². The first kappa shape index (κ1) is 12.9. The molecule has 1 aromatic carbocycles. The zero-order valence-electron chi connectivity index (χ0n) is 10.6. The van der Waals surface area contributed by atoms with Crippen LogP contribution in [0.1, 0.15) is 18.9 Å². The fourth-order valence-corrected chi connectivity index (χ4v) is 1.59. The van der Waals surface area contributed by atoms with Crippen molar-refractivity contribution in [2.75, 3.05) is 5.32 Å². The summed E-state index contributed by atoms with van der Waals surface area (Å²) < 4.78 is 1.49. The second kappa shape index (κ2) is 5.38. The van der Waals surface area contributed by atoms with Crippen molar-refractivity contribution in [3.63, 3.8) is 0 Å². The number of anilines is 1. The summed E-state index contributed by atoms with van der Waals surface area (Å²) in [6.45, 7) is 3.25. The molecule has 0 spiro atoms. The molecule has 7 nitrogen and oxygen atoms in total. The van der Waals surface area contributed by atoms with Crippen molar-refractivity contribution in [2.24, 2.45) is 0 Å². The van der Waals surface area contributed by atoms with Crippen LogP contribution >= 0.6 is 0 Å². The van der Waals surface area contributed by atoms with Crippen LogP contribution in [0.5, 0.6) is 0 Å². The van der Waals surface area contributed by atoms with Crippen molar-refractivity contribution in [3.8, 4) is 5.69 Å². The Morgan fingerprint density at radius 1 is 1.37 bits per heavy atom. The third-order valence-electron chi connectivity index (χ3n) is 2.52. The van der Waals surface area contributed by atoms with E-state index in [0.717, 1.165) is 11.3 Å². The molecule has 98 valence electrons. The third-order valence-corrected chi connectivity index (χ3v) is 2.52. The maximum atomic E-state index is 11.6. The van der Waals surface area contributed by atoms with Crippen LogP contribution in [0.25, 0.3) is 5.69 Å². The summed E-state index contributed by atoms with van der Waals surface area (Å²) in [6.07, 6.45) is 1.33. The van der Waals surface area contributed by atoms with Crippen molar-refractivity contribution in [3.05, 3.63) is 30.1 Å². The molecule has 0 aliphatic rings. The Hall–Kier alpha value is -2.57. The van der Waals surface area contributed by atoms with Gasteiger partial charge in [-0.15, -0.1) is 5.10 Å². The number of rotatable bonds is 4. The van der Waals surface area contributed by atoms with E-state index < -0.39 is 0 Å².